The Bertz CT molecular complexity index is 914. The molecule has 2 N–H and O–H groups in total. The van der Waals surface area contributed by atoms with Gasteiger partial charge in [0.15, 0.2) is 0 Å². The lowest BCUT2D eigenvalue weighted by Crippen LogP contribution is -2.14. The number of ether oxygens (including phenoxy) is 1. The van der Waals surface area contributed by atoms with Crippen LogP contribution in [0.25, 0.3) is 10.2 Å². The Morgan fingerprint density at radius 3 is 2.83 bits per heavy atom. The van der Waals surface area contributed by atoms with Crippen molar-refractivity contribution in [2.24, 2.45) is 5.73 Å². The maximum Gasteiger partial charge on any atom is 0.253 e. The van der Waals surface area contributed by atoms with E-state index in [9.17, 15) is 9.18 Å². The maximum atomic E-state index is 13.6. The highest BCUT2D eigenvalue weighted by Crippen LogP contribution is 2.31. The topological polar surface area (TPSA) is 65.2 Å². The van der Waals surface area contributed by atoms with Crippen LogP contribution in [0.5, 0.6) is 5.75 Å². The average molecular weight is 371 g/mol. The molecule has 8 heteroatoms. The molecule has 23 heavy (non-hydrogen) atoms. The van der Waals surface area contributed by atoms with Gasteiger partial charge in [-0.25, -0.2) is 9.37 Å². The van der Waals surface area contributed by atoms with Crippen LogP contribution in [0.1, 0.15) is 15.4 Å². The molecule has 3 rings (SSSR count). The molecule has 0 aliphatic carbocycles. The van der Waals surface area contributed by atoms with Crippen molar-refractivity contribution in [3.05, 3.63) is 56.8 Å². The number of carbonyl (C=O) groups excluding carboxylic acids is 1. The summed E-state index contributed by atoms with van der Waals surface area (Å²) in [5, 5.41) is 1.15. The van der Waals surface area contributed by atoms with E-state index in [0.29, 0.717) is 10.0 Å². The summed E-state index contributed by atoms with van der Waals surface area (Å²) in [6, 6.07) is 7.83. The number of nitrogens with two attached hydrogens (primary N) is 1. The Morgan fingerprint density at radius 1 is 1.30 bits per heavy atom. The summed E-state index contributed by atoms with van der Waals surface area (Å²) in [6.45, 7) is 0.126. The number of benzene rings is 2. The number of carbonyl (C=O) groups is 1. The third-order valence-electron chi connectivity index (χ3n) is 3.05. The normalized spacial score (nSPS) is 10.9. The molecule has 4 nitrogen and oxygen atoms in total. The maximum absolute atomic E-state index is 13.6. The molecule has 1 aromatic heterocycles. The van der Waals surface area contributed by atoms with Crippen molar-refractivity contribution in [3.63, 3.8) is 0 Å². The van der Waals surface area contributed by atoms with Crippen LogP contribution in [0, 0.1) is 5.82 Å². The summed E-state index contributed by atoms with van der Waals surface area (Å²) in [4.78, 5) is 15.6. The second-order valence-corrected chi connectivity index (χ2v) is 6.54. The van der Waals surface area contributed by atoms with Crippen LogP contribution >= 0.6 is 34.5 Å². The molecule has 0 fully saturated rings. The fraction of sp³-hybridized carbons (Fsp3) is 0.0667. The molecule has 0 bridgehead atoms. The van der Waals surface area contributed by atoms with Gasteiger partial charge in [0.25, 0.3) is 5.91 Å². The van der Waals surface area contributed by atoms with E-state index in [1.54, 1.807) is 12.1 Å². The number of primary amides is 1. The quantitative estimate of drug-likeness (QED) is 0.738. The number of aromatic nitrogens is 1. The fourth-order valence-electron chi connectivity index (χ4n) is 2.02. The van der Waals surface area contributed by atoms with Crippen molar-refractivity contribution < 1.29 is 13.9 Å². The van der Waals surface area contributed by atoms with Crippen LogP contribution in [0.3, 0.4) is 0 Å². The zero-order chi connectivity index (χ0) is 16.6. The molecule has 0 saturated heterocycles. The standard InChI is InChI=1S/C15H9Cl2FN2O2S/c16-7-1-4-11-9(5-7)20-12(23-11)6-22-10-3-2-8(18)13(14(10)17)15(19)21/h1-5H,6H2,(H2,19,21). The van der Waals surface area contributed by atoms with Crippen LogP contribution in [0.15, 0.2) is 30.3 Å². The van der Waals surface area contributed by atoms with Gasteiger partial charge >= 0.3 is 0 Å². The summed E-state index contributed by atoms with van der Waals surface area (Å²) in [7, 11) is 0. The van der Waals surface area contributed by atoms with E-state index in [1.165, 1.54) is 17.4 Å². The summed E-state index contributed by atoms with van der Waals surface area (Å²) in [5.74, 6) is -1.57. The van der Waals surface area contributed by atoms with Crippen LogP contribution < -0.4 is 10.5 Å². The Labute approximate surface area is 144 Å². The van der Waals surface area contributed by atoms with E-state index in [2.05, 4.69) is 4.98 Å². The van der Waals surface area contributed by atoms with Crippen molar-refractivity contribution in [2.75, 3.05) is 0 Å². The number of nitrogens with zero attached hydrogens (tertiary/aromatic N) is 1. The summed E-state index contributed by atoms with van der Waals surface area (Å²) < 4.78 is 20.1. The molecule has 2 aromatic carbocycles. The van der Waals surface area contributed by atoms with Gasteiger partial charge in [-0.2, -0.15) is 0 Å². The minimum absolute atomic E-state index is 0.126. The number of halogens is 3. The zero-order valence-corrected chi connectivity index (χ0v) is 13.8. The predicted molar refractivity (Wildman–Crippen MR) is 88.9 cm³/mol. The van der Waals surface area contributed by atoms with Gasteiger partial charge < -0.3 is 10.5 Å². The van der Waals surface area contributed by atoms with Gasteiger partial charge in [-0.1, -0.05) is 23.2 Å². The molecule has 118 valence electrons. The first-order valence-corrected chi connectivity index (χ1v) is 7.98. The molecular formula is C15H9Cl2FN2O2S. The summed E-state index contributed by atoms with van der Waals surface area (Å²) in [5.41, 5.74) is 5.49. The van der Waals surface area contributed by atoms with Gasteiger partial charge in [-0.15, -0.1) is 11.3 Å². The second-order valence-electron chi connectivity index (χ2n) is 4.61. The first kappa shape index (κ1) is 16.0. The highest BCUT2D eigenvalue weighted by molar-refractivity contribution is 7.18. The van der Waals surface area contributed by atoms with Crippen molar-refractivity contribution >= 4 is 50.7 Å². The molecule has 0 radical (unpaired) electrons. The van der Waals surface area contributed by atoms with E-state index in [1.807, 2.05) is 6.07 Å². The minimum Gasteiger partial charge on any atom is -0.485 e. The van der Waals surface area contributed by atoms with Crippen LogP contribution in [0.2, 0.25) is 10.0 Å². The van der Waals surface area contributed by atoms with Gasteiger partial charge in [0.1, 0.15) is 23.2 Å². The number of hydrogen-bond acceptors (Lipinski definition) is 4. The largest absolute Gasteiger partial charge is 0.485 e. The molecule has 0 atom stereocenters. The lowest BCUT2D eigenvalue weighted by molar-refractivity contribution is 0.0996. The highest BCUT2D eigenvalue weighted by Gasteiger charge is 2.18. The van der Waals surface area contributed by atoms with E-state index in [0.717, 1.165) is 16.3 Å². The molecule has 1 heterocycles. The third kappa shape index (κ3) is 3.24. The Balaban J connectivity index is 1.85. The average Bonchev–Trinajstić information content (AvgIpc) is 2.88. The first-order chi connectivity index (χ1) is 11.0. The third-order valence-corrected chi connectivity index (χ3v) is 4.67. The molecule has 0 aliphatic heterocycles. The smallest absolute Gasteiger partial charge is 0.253 e. The highest BCUT2D eigenvalue weighted by atomic mass is 35.5. The van der Waals surface area contributed by atoms with E-state index in [4.69, 9.17) is 33.7 Å². The molecule has 0 spiro atoms. The van der Waals surface area contributed by atoms with Crippen molar-refractivity contribution in [1.29, 1.82) is 0 Å². The van der Waals surface area contributed by atoms with Gasteiger partial charge in [0, 0.05) is 5.02 Å². The lowest BCUT2D eigenvalue weighted by Gasteiger charge is -2.09. The predicted octanol–water partition coefficient (Wildman–Crippen LogP) is 4.42. The summed E-state index contributed by atoms with van der Waals surface area (Å²) >= 11 is 13.3. The fourth-order valence-corrected chi connectivity index (χ4v) is 3.35. The number of hydrogen-bond donors (Lipinski definition) is 1. The Hall–Kier alpha value is -1.89. The van der Waals surface area contributed by atoms with Crippen molar-refractivity contribution in [3.8, 4) is 5.75 Å². The molecule has 3 aromatic rings. The lowest BCUT2D eigenvalue weighted by atomic mass is 10.2. The van der Waals surface area contributed by atoms with Gasteiger partial charge in [0.2, 0.25) is 0 Å². The molecular weight excluding hydrogens is 362 g/mol. The van der Waals surface area contributed by atoms with Crippen molar-refractivity contribution in [2.45, 2.75) is 6.61 Å². The van der Waals surface area contributed by atoms with Crippen molar-refractivity contribution in [1.82, 2.24) is 4.98 Å². The van der Waals surface area contributed by atoms with Crippen LogP contribution in [-0.4, -0.2) is 10.9 Å². The Kier molecular flexibility index (Phi) is 4.39. The number of rotatable bonds is 4. The Morgan fingerprint density at radius 2 is 2.09 bits per heavy atom. The van der Waals surface area contributed by atoms with E-state index < -0.39 is 11.7 Å². The van der Waals surface area contributed by atoms with Crippen LogP contribution in [-0.2, 0) is 6.61 Å². The molecule has 0 unspecified atom stereocenters. The summed E-state index contributed by atoms with van der Waals surface area (Å²) in [6.07, 6.45) is 0. The SMILES string of the molecule is NC(=O)c1c(F)ccc(OCc2nc3cc(Cl)ccc3s2)c1Cl. The number of amides is 1. The van der Waals surface area contributed by atoms with Gasteiger partial charge in [-0.3, -0.25) is 4.79 Å². The molecule has 0 saturated carbocycles. The molecule has 0 aliphatic rings. The number of fused-ring (bicyclic) bond motifs is 1. The second kappa shape index (κ2) is 6.31. The van der Waals surface area contributed by atoms with Gasteiger partial charge in [0.05, 0.1) is 20.8 Å². The number of thiazole rings is 1. The monoisotopic (exact) mass is 370 g/mol. The van der Waals surface area contributed by atoms with E-state index in [-0.39, 0.29) is 22.9 Å². The van der Waals surface area contributed by atoms with Gasteiger partial charge in [-0.05, 0) is 30.3 Å². The zero-order valence-electron chi connectivity index (χ0n) is 11.5. The minimum atomic E-state index is -0.951. The van der Waals surface area contributed by atoms with Crippen LogP contribution in [0.4, 0.5) is 4.39 Å². The molecule has 1 amide bonds. The van der Waals surface area contributed by atoms with E-state index >= 15 is 0 Å². The first-order valence-electron chi connectivity index (χ1n) is 6.41.